The summed E-state index contributed by atoms with van der Waals surface area (Å²) in [7, 11) is 0. The first-order valence-corrected chi connectivity index (χ1v) is 12.8. The molecule has 1 aromatic heterocycles. The summed E-state index contributed by atoms with van der Waals surface area (Å²) in [5.74, 6) is 11.9. The molecule has 0 aliphatic heterocycles. The number of aliphatic hydroxyl groups excluding tert-OH is 2. The number of benzene rings is 3. The lowest BCUT2D eigenvalue weighted by Gasteiger charge is -2.09. The van der Waals surface area contributed by atoms with Crippen LogP contribution in [0.25, 0.3) is 0 Å². The molecule has 1 heterocycles. The molecular weight excluding hydrogens is 510 g/mol. The van der Waals surface area contributed by atoms with Crippen molar-refractivity contribution in [3.8, 4) is 29.4 Å². The van der Waals surface area contributed by atoms with Crippen LogP contribution < -0.4 is 4.74 Å². The maximum atomic E-state index is 10.8. The van der Waals surface area contributed by atoms with Gasteiger partial charge in [0.1, 0.15) is 17.1 Å². The van der Waals surface area contributed by atoms with E-state index in [-0.39, 0.29) is 13.2 Å². The van der Waals surface area contributed by atoms with Gasteiger partial charge in [-0.05, 0) is 77.9 Å². The largest absolute Gasteiger partial charge is 0.482 e. The zero-order chi connectivity index (χ0) is 27.6. The van der Waals surface area contributed by atoms with Crippen LogP contribution in [0.3, 0.4) is 0 Å². The zero-order valence-corrected chi connectivity index (χ0v) is 22.0. The van der Waals surface area contributed by atoms with Crippen LogP contribution >= 0.6 is 11.8 Å². The average molecular weight is 536 g/mol. The Morgan fingerprint density at radius 1 is 0.795 bits per heavy atom. The second-order valence-electron chi connectivity index (χ2n) is 8.42. The van der Waals surface area contributed by atoms with Gasteiger partial charge in [-0.1, -0.05) is 60.0 Å². The summed E-state index contributed by atoms with van der Waals surface area (Å²) in [6.07, 6.45) is 0. The Labute approximate surface area is 231 Å². The van der Waals surface area contributed by atoms with E-state index < -0.39 is 12.6 Å². The summed E-state index contributed by atoms with van der Waals surface area (Å²) in [6, 6.07) is 24.1. The predicted molar refractivity (Wildman–Crippen MR) is 149 cm³/mol. The van der Waals surface area contributed by atoms with Gasteiger partial charge < -0.3 is 20.1 Å². The van der Waals surface area contributed by atoms with Crippen molar-refractivity contribution in [1.82, 2.24) is 4.98 Å². The molecule has 4 aromatic rings. The summed E-state index contributed by atoms with van der Waals surface area (Å²) >= 11 is 1.49. The molecule has 39 heavy (non-hydrogen) atoms. The van der Waals surface area contributed by atoms with E-state index in [0.29, 0.717) is 17.1 Å². The topological polar surface area (TPSA) is 99.9 Å². The second-order valence-corrected chi connectivity index (χ2v) is 9.56. The molecule has 0 amide bonds. The molecular formula is C32H25NO5S. The number of carbonyl (C=O) groups is 1. The van der Waals surface area contributed by atoms with Crippen molar-refractivity contribution >= 4 is 17.7 Å². The van der Waals surface area contributed by atoms with Crippen molar-refractivity contribution in [2.75, 3.05) is 6.61 Å². The smallest absolute Gasteiger partial charge is 0.341 e. The lowest BCUT2D eigenvalue weighted by atomic mass is 10.1. The minimum absolute atomic E-state index is 0.110. The monoisotopic (exact) mass is 535 g/mol. The second kappa shape index (κ2) is 13.3. The van der Waals surface area contributed by atoms with Crippen LogP contribution in [0.1, 0.15) is 39.2 Å². The van der Waals surface area contributed by atoms with Crippen molar-refractivity contribution in [3.05, 3.63) is 118 Å². The molecule has 0 fully saturated rings. The number of carboxylic acid groups (broad SMARTS) is 1. The standard InChI is InChI=1S/C32H25NO5S/c1-22-16-29(14-15-31(22)38-21-32(36)37)39-30-17-27(12-10-23-6-2-4-8-25(23)19-34)33-28(18-30)13-11-24-7-3-5-9-26(24)20-35/h2-9,14-18,34-35H,19-21H2,1H3,(H,36,37). The number of hydrogen-bond acceptors (Lipinski definition) is 6. The third kappa shape index (κ3) is 7.73. The van der Waals surface area contributed by atoms with E-state index >= 15 is 0 Å². The van der Waals surface area contributed by atoms with Gasteiger partial charge in [-0.15, -0.1) is 0 Å². The lowest BCUT2D eigenvalue weighted by Crippen LogP contribution is -2.09. The fourth-order valence-electron chi connectivity index (χ4n) is 3.64. The van der Waals surface area contributed by atoms with Crippen LogP contribution in [-0.4, -0.2) is 32.9 Å². The first kappa shape index (κ1) is 27.5. The highest BCUT2D eigenvalue weighted by Gasteiger charge is 2.08. The third-order valence-electron chi connectivity index (χ3n) is 5.56. The zero-order valence-electron chi connectivity index (χ0n) is 21.1. The number of hydrogen-bond donors (Lipinski definition) is 3. The molecule has 0 radical (unpaired) electrons. The van der Waals surface area contributed by atoms with Gasteiger partial charge in [-0.2, -0.15) is 0 Å². The van der Waals surface area contributed by atoms with Crippen LogP contribution in [0.5, 0.6) is 5.75 Å². The first-order chi connectivity index (χ1) is 18.9. The van der Waals surface area contributed by atoms with E-state index in [1.54, 1.807) is 6.07 Å². The highest BCUT2D eigenvalue weighted by Crippen LogP contribution is 2.32. The van der Waals surface area contributed by atoms with Gasteiger partial charge in [0.05, 0.1) is 13.2 Å². The Balaban J connectivity index is 1.69. The third-order valence-corrected chi connectivity index (χ3v) is 6.52. The summed E-state index contributed by atoms with van der Waals surface area (Å²) in [5.41, 5.74) is 4.76. The molecule has 3 aromatic carbocycles. The van der Waals surface area contributed by atoms with Gasteiger partial charge in [0, 0.05) is 20.9 Å². The number of ether oxygens (including phenoxy) is 1. The number of aryl methyl sites for hydroxylation is 1. The van der Waals surface area contributed by atoms with Crippen LogP contribution in [0.15, 0.2) is 88.7 Å². The van der Waals surface area contributed by atoms with Crippen LogP contribution in [0.4, 0.5) is 0 Å². The predicted octanol–water partition coefficient (Wildman–Crippen LogP) is 4.79. The number of carboxylic acids is 1. The van der Waals surface area contributed by atoms with Gasteiger partial charge >= 0.3 is 5.97 Å². The number of rotatable bonds is 7. The quantitative estimate of drug-likeness (QED) is 0.293. The summed E-state index contributed by atoms with van der Waals surface area (Å²) < 4.78 is 5.34. The molecule has 0 aliphatic rings. The first-order valence-electron chi connectivity index (χ1n) is 12.0. The van der Waals surface area contributed by atoms with Gasteiger partial charge in [-0.25, -0.2) is 9.78 Å². The van der Waals surface area contributed by atoms with Gasteiger partial charge in [-0.3, -0.25) is 0 Å². The SMILES string of the molecule is Cc1cc(Sc2cc(C#Cc3ccccc3CO)nc(C#Cc3ccccc3CO)c2)ccc1OCC(=O)O. The fraction of sp³-hybridized carbons (Fsp3) is 0.125. The van der Waals surface area contributed by atoms with Crippen molar-refractivity contribution < 1.29 is 24.9 Å². The molecule has 194 valence electrons. The van der Waals surface area contributed by atoms with Crippen LogP contribution in [0, 0.1) is 30.6 Å². The van der Waals surface area contributed by atoms with E-state index in [1.165, 1.54) is 11.8 Å². The molecule has 0 spiro atoms. The molecule has 0 atom stereocenters. The number of aliphatic hydroxyl groups is 2. The van der Waals surface area contributed by atoms with E-state index in [1.807, 2.05) is 79.7 Å². The molecule has 4 rings (SSSR count). The maximum Gasteiger partial charge on any atom is 0.341 e. The number of aliphatic carboxylic acids is 1. The average Bonchev–Trinajstić information content (AvgIpc) is 2.94. The highest BCUT2D eigenvalue weighted by atomic mass is 32.2. The minimum Gasteiger partial charge on any atom is -0.482 e. The number of aromatic nitrogens is 1. The van der Waals surface area contributed by atoms with E-state index in [2.05, 4.69) is 28.7 Å². The van der Waals surface area contributed by atoms with Gasteiger partial charge in [0.2, 0.25) is 0 Å². The molecule has 0 bridgehead atoms. The van der Waals surface area contributed by atoms with Gasteiger partial charge in [0.25, 0.3) is 0 Å². The molecule has 3 N–H and O–H groups in total. The summed E-state index contributed by atoms with van der Waals surface area (Å²) in [5, 5.41) is 28.1. The van der Waals surface area contributed by atoms with E-state index in [9.17, 15) is 15.0 Å². The Morgan fingerprint density at radius 3 is 1.87 bits per heavy atom. The van der Waals surface area contributed by atoms with Crippen molar-refractivity contribution in [2.45, 2.75) is 29.9 Å². The fourth-order valence-corrected chi connectivity index (χ4v) is 4.62. The maximum absolute atomic E-state index is 10.8. The minimum atomic E-state index is -1.03. The lowest BCUT2D eigenvalue weighted by molar-refractivity contribution is -0.139. The van der Waals surface area contributed by atoms with Crippen LogP contribution in [-0.2, 0) is 18.0 Å². The number of pyridine rings is 1. The summed E-state index contributed by atoms with van der Waals surface area (Å²) in [4.78, 5) is 17.3. The number of nitrogens with zero attached hydrogens (tertiary/aromatic N) is 1. The molecule has 0 saturated carbocycles. The normalized spacial score (nSPS) is 10.1. The van der Waals surface area contributed by atoms with Crippen molar-refractivity contribution in [2.24, 2.45) is 0 Å². The Hall–Kier alpha value is -4.53. The summed E-state index contributed by atoms with van der Waals surface area (Å²) in [6.45, 7) is 1.24. The Kier molecular flexibility index (Phi) is 9.39. The van der Waals surface area contributed by atoms with E-state index in [0.717, 1.165) is 37.6 Å². The van der Waals surface area contributed by atoms with E-state index in [4.69, 9.17) is 9.84 Å². The van der Waals surface area contributed by atoms with Crippen molar-refractivity contribution in [3.63, 3.8) is 0 Å². The molecule has 0 aliphatic carbocycles. The van der Waals surface area contributed by atoms with Gasteiger partial charge in [0.15, 0.2) is 6.61 Å². The highest BCUT2D eigenvalue weighted by molar-refractivity contribution is 7.99. The Morgan fingerprint density at radius 2 is 1.36 bits per heavy atom. The molecule has 6 nitrogen and oxygen atoms in total. The Bertz CT molecular complexity index is 1540. The molecule has 0 unspecified atom stereocenters. The molecule has 7 heteroatoms. The van der Waals surface area contributed by atoms with Crippen molar-refractivity contribution in [1.29, 1.82) is 0 Å². The van der Waals surface area contributed by atoms with Crippen LogP contribution in [0.2, 0.25) is 0 Å². The molecule has 0 saturated heterocycles.